The first-order valence-corrected chi connectivity index (χ1v) is 8.44. The van der Waals surface area contributed by atoms with Crippen LogP contribution in [0, 0.1) is 6.92 Å². The molecule has 138 valence electrons. The first-order chi connectivity index (χ1) is 13.0. The number of fused-ring (bicyclic) bond motifs is 1. The van der Waals surface area contributed by atoms with Gasteiger partial charge in [-0.15, -0.1) is 0 Å². The summed E-state index contributed by atoms with van der Waals surface area (Å²) >= 11 is 0. The molecule has 0 amide bonds. The molecule has 0 unspecified atom stereocenters. The number of phenols is 1. The van der Waals surface area contributed by atoms with Gasteiger partial charge in [0, 0.05) is 18.7 Å². The molecule has 0 saturated carbocycles. The Morgan fingerprint density at radius 3 is 2.59 bits per heavy atom. The van der Waals surface area contributed by atoms with Crippen molar-refractivity contribution in [2.24, 2.45) is 0 Å². The van der Waals surface area contributed by atoms with Crippen molar-refractivity contribution in [3.05, 3.63) is 35.8 Å². The molecule has 27 heavy (non-hydrogen) atoms. The first-order valence-electron chi connectivity index (χ1n) is 8.44. The monoisotopic (exact) mass is 367 g/mol. The summed E-state index contributed by atoms with van der Waals surface area (Å²) < 4.78 is 5.38. The fourth-order valence-electron chi connectivity index (χ4n) is 3.00. The van der Waals surface area contributed by atoms with Gasteiger partial charge in [-0.05, 0) is 19.1 Å². The highest BCUT2D eigenvalue weighted by Crippen LogP contribution is 2.30. The number of hydrogen-bond donors (Lipinski definition) is 2. The average molecular weight is 367 g/mol. The third-order valence-corrected chi connectivity index (χ3v) is 4.31. The minimum absolute atomic E-state index is 0.0800. The Morgan fingerprint density at radius 1 is 1.11 bits per heavy atom. The Kier molecular flexibility index (Phi) is 4.28. The predicted molar refractivity (Wildman–Crippen MR) is 97.0 cm³/mol. The van der Waals surface area contributed by atoms with E-state index in [4.69, 9.17) is 4.74 Å². The quantitative estimate of drug-likeness (QED) is 0.711. The molecule has 0 bridgehead atoms. The van der Waals surface area contributed by atoms with Crippen LogP contribution in [0.2, 0.25) is 0 Å². The van der Waals surface area contributed by atoms with E-state index in [2.05, 4.69) is 19.9 Å². The van der Waals surface area contributed by atoms with E-state index in [0.717, 1.165) is 0 Å². The maximum Gasteiger partial charge on any atom is 0.373 e. The van der Waals surface area contributed by atoms with Crippen LogP contribution in [0.15, 0.2) is 24.3 Å². The molecule has 3 aromatic rings. The molecule has 0 aliphatic carbocycles. The van der Waals surface area contributed by atoms with Gasteiger partial charge in [-0.1, -0.05) is 12.1 Å². The van der Waals surface area contributed by atoms with Crippen LogP contribution in [0.3, 0.4) is 0 Å². The molecule has 1 fully saturated rings. The molecule has 9 nitrogen and oxygen atoms in total. The highest BCUT2D eigenvalue weighted by Gasteiger charge is 2.21. The number of aryl methyl sites for hydroxylation is 1. The number of aromatic nitrogens is 4. The summed E-state index contributed by atoms with van der Waals surface area (Å²) in [7, 11) is 0. The summed E-state index contributed by atoms with van der Waals surface area (Å²) in [6.45, 7) is 4.15. The third-order valence-electron chi connectivity index (χ3n) is 4.31. The van der Waals surface area contributed by atoms with Crippen molar-refractivity contribution < 1.29 is 19.7 Å². The summed E-state index contributed by atoms with van der Waals surface area (Å²) in [5.41, 5.74) is 2.34. The van der Waals surface area contributed by atoms with Crippen molar-refractivity contribution in [3.8, 4) is 17.0 Å². The highest BCUT2D eigenvalue weighted by molar-refractivity contribution is 5.94. The van der Waals surface area contributed by atoms with E-state index in [-0.39, 0.29) is 11.6 Å². The molecule has 9 heteroatoms. The van der Waals surface area contributed by atoms with Gasteiger partial charge in [0.15, 0.2) is 0 Å². The number of phenolic OH excluding ortho intramolecular Hbond substituents is 1. The van der Waals surface area contributed by atoms with Gasteiger partial charge >= 0.3 is 5.97 Å². The van der Waals surface area contributed by atoms with Gasteiger partial charge < -0.3 is 19.8 Å². The lowest BCUT2D eigenvalue weighted by atomic mass is 10.1. The van der Waals surface area contributed by atoms with E-state index in [9.17, 15) is 15.0 Å². The van der Waals surface area contributed by atoms with Crippen molar-refractivity contribution in [2.45, 2.75) is 6.92 Å². The number of aromatic carboxylic acids is 1. The van der Waals surface area contributed by atoms with Crippen LogP contribution in [0.5, 0.6) is 5.75 Å². The molecule has 0 spiro atoms. The number of carboxylic acids is 1. The lowest BCUT2D eigenvalue weighted by molar-refractivity contribution is 0.0683. The number of carbonyl (C=O) groups is 1. The second-order valence-corrected chi connectivity index (χ2v) is 6.16. The molecule has 1 aliphatic rings. The number of carboxylic acid groups (broad SMARTS) is 1. The predicted octanol–water partition coefficient (Wildman–Crippen LogP) is 1.64. The van der Waals surface area contributed by atoms with Gasteiger partial charge in [0.1, 0.15) is 22.5 Å². The molecule has 1 aliphatic heterocycles. The van der Waals surface area contributed by atoms with Crippen LogP contribution in [0.1, 0.15) is 16.3 Å². The average Bonchev–Trinajstić information content (AvgIpc) is 2.68. The van der Waals surface area contributed by atoms with Gasteiger partial charge in [-0.2, -0.15) is 0 Å². The molecule has 2 N–H and O–H groups in total. The number of nitrogens with zero attached hydrogens (tertiary/aromatic N) is 5. The third kappa shape index (κ3) is 3.24. The lowest BCUT2D eigenvalue weighted by Crippen LogP contribution is -2.37. The highest BCUT2D eigenvalue weighted by atomic mass is 16.5. The second-order valence-electron chi connectivity index (χ2n) is 6.16. The smallest absolute Gasteiger partial charge is 0.373 e. The number of aromatic hydroxyl groups is 1. The van der Waals surface area contributed by atoms with Crippen LogP contribution >= 0.6 is 0 Å². The SMILES string of the molecule is Cc1nc(C(=O)O)nc2c(-c3cccc(O)c3)nc(N3CCOCC3)nc12. The van der Waals surface area contributed by atoms with E-state index < -0.39 is 5.97 Å². The summed E-state index contributed by atoms with van der Waals surface area (Å²) in [5.74, 6) is -0.960. The van der Waals surface area contributed by atoms with Crippen molar-refractivity contribution in [1.29, 1.82) is 0 Å². The van der Waals surface area contributed by atoms with Crippen molar-refractivity contribution >= 4 is 23.0 Å². The van der Waals surface area contributed by atoms with Crippen LogP contribution in [0.25, 0.3) is 22.3 Å². The zero-order valence-corrected chi connectivity index (χ0v) is 14.6. The molecule has 1 aromatic carbocycles. The lowest BCUT2D eigenvalue weighted by Gasteiger charge is -2.27. The fourth-order valence-corrected chi connectivity index (χ4v) is 3.00. The number of ether oxygens (including phenoxy) is 1. The van der Waals surface area contributed by atoms with Gasteiger partial charge in [-0.3, -0.25) is 0 Å². The summed E-state index contributed by atoms with van der Waals surface area (Å²) in [4.78, 5) is 30.8. The minimum Gasteiger partial charge on any atom is -0.508 e. The zero-order valence-electron chi connectivity index (χ0n) is 14.6. The molecule has 4 rings (SSSR count). The van der Waals surface area contributed by atoms with E-state index in [1.165, 1.54) is 0 Å². The maximum absolute atomic E-state index is 11.4. The zero-order chi connectivity index (χ0) is 19.0. The Labute approximate surface area is 154 Å². The number of morpholine rings is 1. The Bertz CT molecular complexity index is 1030. The van der Waals surface area contributed by atoms with Crippen molar-refractivity contribution in [2.75, 3.05) is 31.2 Å². The van der Waals surface area contributed by atoms with Crippen LogP contribution < -0.4 is 4.90 Å². The van der Waals surface area contributed by atoms with E-state index >= 15 is 0 Å². The maximum atomic E-state index is 11.4. The summed E-state index contributed by atoms with van der Waals surface area (Å²) in [6, 6.07) is 6.59. The number of benzene rings is 1. The summed E-state index contributed by atoms with van der Waals surface area (Å²) in [5, 5.41) is 19.2. The largest absolute Gasteiger partial charge is 0.508 e. The molecule has 3 heterocycles. The molecule has 0 radical (unpaired) electrons. The van der Waals surface area contributed by atoms with Gasteiger partial charge in [0.25, 0.3) is 0 Å². The van der Waals surface area contributed by atoms with Crippen LogP contribution in [0.4, 0.5) is 5.95 Å². The van der Waals surface area contributed by atoms with Gasteiger partial charge in [-0.25, -0.2) is 24.7 Å². The number of anilines is 1. The number of rotatable bonds is 3. The van der Waals surface area contributed by atoms with Gasteiger partial charge in [0.05, 0.1) is 18.9 Å². The van der Waals surface area contributed by atoms with Crippen molar-refractivity contribution in [3.63, 3.8) is 0 Å². The summed E-state index contributed by atoms with van der Waals surface area (Å²) in [6.07, 6.45) is 0. The van der Waals surface area contributed by atoms with Crippen LogP contribution in [-0.2, 0) is 4.74 Å². The van der Waals surface area contributed by atoms with E-state index in [0.29, 0.717) is 60.2 Å². The Hall–Kier alpha value is -3.33. The second kappa shape index (κ2) is 6.76. The Morgan fingerprint density at radius 2 is 1.89 bits per heavy atom. The molecule has 2 aromatic heterocycles. The fraction of sp³-hybridized carbons (Fsp3) is 0.278. The topological polar surface area (TPSA) is 122 Å². The first kappa shape index (κ1) is 17.1. The molecule has 1 saturated heterocycles. The van der Waals surface area contributed by atoms with E-state index in [1.54, 1.807) is 31.2 Å². The van der Waals surface area contributed by atoms with E-state index in [1.807, 2.05) is 4.90 Å². The Balaban J connectivity index is 1.99. The number of hydrogen-bond acceptors (Lipinski definition) is 8. The molecular weight excluding hydrogens is 350 g/mol. The minimum atomic E-state index is -1.22. The molecule has 0 atom stereocenters. The van der Waals surface area contributed by atoms with Gasteiger partial charge in [0.2, 0.25) is 11.8 Å². The normalized spacial score (nSPS) is 14.5. The van der Waals surface area contributed by atoms with Crippen molar-refractivity contribution in [1.82, 2.24) is 19.9 Å². The standard InChI is InChI=1S/C18H17N5O4/c1-10-13-15(20-16(19-10)17(25)26)14(11-3-2-4-12(24)9-11)22-18(21-13)23-5-7-27-8-6-23/h2-4,9,24H,5-8H2,1H3,(H,25,26). The molecular formula is C18H17N5O4. The van der Waals surface area contributed by atoms with Crippen LogP contribution in [-0.4, -0.2) is 62.4 Å².